The summed E-state index contributed by atoms with van der Waals surface area (Å²) in [5.41, 5.74) is 11.0. The van der Waals surface area contributed by atoms with Gasteiger partial charge in [0.25, 0.3) is 11.8 Å². The van der Waals surface area contributed by atoms with Crippen LogP contribution in [0.5, 0.6) is 11.5 Å². The zero-order chi connectivity index (χ0) is 27.1. The number of amides is 2. The van der Waals surface area contributed by atoms with Crippen LogP contribution in [0, 0.1) is 6.92 Å². The minimum absolute atomic E-state index is 0.294. The maximum absolute atomic E-state index is 13.4. The molecule has 4 aromatic rings. The zero-order valence-corrected chi connectivity index (χ0v) is 21.4. The van der Waals surface area contributed by atoms with Crippen LogP contribution < -0.4 is 25.8 Å². The highest BCUT2D eigenvalue weighted by molar-refractivity contribution is 6.29. The molecule has 7 nitrogen and oxygen atoms in total. The van der Waals surface area contributed by atoms with E-state index in [1.54, 1.807) is 74.9 Å². The number of hydrogen-bond acceptors (Lipinski definition) is 5. The Hall–Kier alpha value is -5.04. The van der Waals surface area contributed by atoms with Crippen molar-refractivity contribution >= 4 is 40.5 Å². The molecule has 0 bridgehead atoms. The highest BCUT2D eigenvalue weighted by atomic mass is 16.5. The first-order chi connectivity index (χ1) is 18.4. The summed E-state index contributed by atoms with van der Waals surface area (Å²) in [5, 5.41) is 5.73. The van der Waals surface area contributed by atoms with Gasteiger partial charge in [-0.1, -0.05) is 48.0 Å². The fourth-order valence-corrected chi connectivity index (χ4v) is 3.83. The number of hydrogen-bond donors (Lipinski definition) is 3. The Morgan fingerprint density at radius 1 is 0.763 bits per heavy atom. The maximum Gasteiger partial charge on any atom is 0.256 e. The zero-order valence-electron chi connectivity index (χ0n) is 21.4. The van der Waals surface area contributed by atoms with Gasteiger partial charge in [0.15, 0.2) is 11.5 Å². The molecule has 0 spiro atoms. The van der Waals surface area contributed by atoms with Crippen LogP contribution in [0.1, 0.15) is 27.0 Å². The number of rotatable bonds is 8. The van der Waals surface area contributed by atoms with E-state index in [-0.39, 0.29) is 11.8 Å². The second-order valence-corrected chi connectivity index (χ2v) is 8.61. The van der Waals surface area contributed by atoms with Crippen LogP contribution in [0.4, 0.5) is 17.1 Å². The predicted octanol–water partition coefficient (Wildman–Crippen LogP) is 6.03. The monoisotopic (exact) mass is 507 g/mol. The largest absolute Gasteiger partial charge is 0.493 e. The molecule has 0 saturated heterocycles. The van der Waals surface area contributed by atoms with E-state index in [1.165, 1.54) is 0 Å². The molecule has 192 valence electrons. The molecule has 4 N–H and O–H groups in total. The minimum atomic E-state index is -0.297. The van der Waals surface area contributed by atoms with Crippen molar-refractivity contribution in [2.75, 3.05) is 30.6 Å². The average molecular weight is 508 g/mol. The van der Waals surface area contributed by atoms with Gasteiger partial charge >= 0.3 is 0 Å². The van der Waals surface area contributed by atoms with E-state index in [4.69, 9.17) is 15.2 Å². The molecule has 7 heteroatoms. The number of ether oxygens (including phenoxy) is 2. The van der Waals surface area contributed by atoms with Gasteiger partial charge in [-0.2, -0.15) is 0 Å². The number of nitrogen functional groups attached to an aromatic ring is 1. The Bertz CT molecular complexity index is 1480. The van der Waals surface area contributed by atoms with Crippen LogP contribution in [0.2, 0.25) is 0 Å². The van der Waals surface area contributed by atoms with Crippen molar-refractivity contribution in [1.29, 1.82) is 0 Å². The number of methoxy groups -OCH3 is 2. The fourth-order valence-electron chi connectivity index (χ4n) is 3.83. The molecule has 0 aromatic heterocycles. The Morgan fingerprint density at radius 3 is 2.08 bits per heavy atom. The van der Waals surface area contributed by atoms with Crippen LogP contribution in [0.15, 0.2) is 91.0 Å². The van der Waals surface area contributed by atoms with Gasteiger partial charge < -0.3 is 25.8 Å². The molecule has 2 amide bonds. The molecule has 0 unspecified atom stereocenters. The molecule has 0 aliphatic rings. The smallest absolute Gasteiger partial charge is 0.256 e. The Kier molecular flexibility index (Phi) is 8.08. The number of benzene rings is 4. The van der Waals surface area contributed by atoms with Crippen molar-refractivity contribution in [1.82, 2.24) is 0 Å². The van der Waals surface area contributed by atoms with E-state index >= 15 is 0 Å². The highest BCUT2D eigenvalue weighted by Crippen LogP contribution is 2.30. The maximum atomic E-state index is 13.4. The standard InChI is InChI=1S/C31H29N3O4/c1-20-8-11-22(12-9-20)25(18-21-10-17-28(37-2)29(19-21)38-3)31(36)33-24-15-13-23(14-16-24)30(35)34-27-7-5-4-6-26(27)32/h4-19H,32H2,1-3H3,(H,33,36)(H,34,35)/b25-18+. The number of para-hydroxylation sites is 2. The summed E-state index contributed by atoms with van der Waals surface area (Å²) < 4.78 is 10.7. The average Bonchev–Trinajstić information content (AvgIpc) is 2.93. The predicted molar refractivity (Wildman–Crippen MR) is 152 cm³/mol. The molecule has 4 aromatic carbocycles. The molecule has 0 fully saturated rings. The minimum Gasteiger partial charge on any atom is -0.493 e. The van der Waals surface area contributed by atoms with Gasteiger partial charge in [-0.15, -0.1) is 0 Å². The Labute approximate surface area is 221 Å². The van der Waals surface area contributed by atoms with Crippen LogP contribution in [0.3, 0.4) is 0 Å². The highest BCUT2D eigenvalue weighted by Gasteiger charge is 2.15. The number of anilines is 3. The van der Waals surface area contributed by atoms with E-state index in [1.807, 2.05) is 43.3 Å². The van der Waals surface area contributed by atoms with Crippen molar-refractivity contribution < 1.29 is 19.1 Å². The van der Waals surface area contributed by atoms with Gasteiger partial charge in [0.1, 0.15) is 0 Å². The van der Waals surface area contributed by atoms with E-state index in [0.29, 0.717) is 39.7 Å². The molecule has 0 aliphatic heterocycles. The first-order valence-corrected chi connectivity index (χ1v) is 12.0. The molecular formula is C31H29N3O4. The summed E-state index contributed by atoms with van der Waals surface area (Å²) in [7, 11) is 3.14. The third-order valence-corrected chi connectivity index (χ3v) is 5.94. The lowest BCUT2D eigenvalue weighted by molar-refractivity contribution is -0.111. The topological polar surface area (TPSA) is 103 Å². The summed E-state index contributed by atoms with van der Waals surface area (Å²) in [6.45, 7) is 1.99. The third kappa shape index (κ3) is 6.20. The second-order valence-electron chi connectivity index (χ2n) is 8.61. The first-order valence-electron chi connectivity index (χ1n) is 12.0. The van der Waals surface area contributed by atoms with Crippen molar-refractivity contribution in [2.24, 2.45) is 0 Å². The summed E-state index contributed by atoms with van der Waals surface area (Å²) in [4.78, 5) is 26.1. The van der Waals surface area contributed by atoms with E-state index in [2.05, 4.69) is 10.6 Å². The third-order valence-electron chi connectivity index (χ3n) is 5.94. The molecule has 0 heterocycles. The van der Waals surface area contributed by atoms with Crippen LogP contribution in [-0.4, -0.2) is 26.0 Å². The number of carbonyl (C=O) groups is 2. The van der Waals surface area contributed by atoms with E-state index < -0.39 is 0 Å². The summed E-state index contributed by atoms with van der Waals surface area (Å²) in [6.07, 6.45) is 1.80. The van der Waals surface area contributed by atoms with Crippen LogP contribution in [-0.2, 0) is 4.79 Å². The molecule has 0 aliphatic carbocycles. The molecule has 0 radical (unpaired) electrons. The summed E-state index contributed by atoms with van der Waals surface area (Å²) in [6, 6.07) is 26.9. The van der Waals surface area contributed by atoms with Gasteiger partial charge in [-0.3, -0.25) is 9.59 Å². The van der Waals surface area contributed by atoms with Crippen molar-refractivity contribution in [3.05, 3.63) is 113 Å². The van der Waals surface area contributed by atoms with Gasteiger partial charge in [0, 0.05) is 16.8 Å². The lowest BCUT2D eigenvalue weighted by atomic mass is 10.0. The molecule has 38 heavy (non-hydrogen) atoms. The normalized spacial score (nSPS) is 11.0. The molecule has 0 atom stereocenters. The second kappa shape index (κ2) is 11.8. The number of aryl methyl sites for hydroxylation is 1. The van der Waals surface area contributed by atoms with Crippen molar-refractivity contribution in [3.63, 3.8) is 0 Å². The van der Waals surface area contributed by atoms with Crippen molar-refractivity contribution in [2.45, 2.75) is 6.92 Å². The van der Waals surface area contributed by atoms with Gasteiger partial charge in [-0.05, 0) is 72.7 Å². The summed E-state index contributed by atoms with van der Waals surface area (Å²) in [5.74, 6) is 0.577. The molecule has 0 saturated carbocycles. The molecular weight excluding hydrogens is 478 g/mol. The van der Waals surface area contributed by atoms with Crippen LogP contribution in [0.25, 0.3) is 11.6 Å². The molecule has 4 rings (SSSR count). The Morgan fingerprint density at radius 2 is 1.42 bits per heavy atom. The van der Waals surface area contributed by atoms with E-state index in [9.17, 15) is 9.59 Å². The first kappa shape index (κ1) is 26.0. The lowest BCUT2D eigenvalue weighted by Crippen LogP contribution is -2.15. The Balaban J connectivity index is 1.57. The number of nitrogens with one attached hydrogen (secondary N) is 2. The van der Waals surface area contributed by atoms with Crippen molar-refractivity contribution in [3.8, 4) is 11.5 Å². The lowest BCUT2D eigenvalue weighted by Gasteiger charge is -2.12. The van der Waals surface area contributed by atoms with Gasteiger partial charge in [0.05, 0.1) is 25.6 Å². The van der Waals surface area contributed by atoms with Crippen LogP contribution >= 0.6 is 0 Å². The quantitative estimate of drug-likeness (QED) is 0.154. The van der Waals surface area contributed by atoms with Gasteiger partial charge in [0.2, 0.25) is 0 Å². The number of carbonyl (C=O) groups excluding carboxylic acids is 2. The van der Waals surface area contributed by atoms with Gasteiger partial charge in [-0.25, -0.2) is 0 Å². The number of nitrogens with two attached hydrogens (primary N) is 1. The SMILES string of the molecule is COc1ccc(/C=C(/C(=O)Nc2ccc(C(=O)Nc3ccccc3N)cc2)c2ccc(C)cc2)cc1OC. The van der Waals surface area contributed by atoms with E-state index in [0.717, 1.165) is 16.7 Å². The fraction of sp³-hybridized carbons (Fsp3) is 0.0968. The summed E-state index contributed by atoms with van der Waals surface area (Å²) >= 11 is 0.